The third-order valence-corrected chi connectivity index (χ3v) is 9.10. The minimum absolute atomic E-state index is 0.542. The SMILES string of the molecule is Cc1cc(C)cc(-c2ccc3c(c2)C2(c4ccccc4O3)c3ccccc3-n3c4ccccc4c4cccc2c43)c1. The third kappa shape index (κ3) is 2.87. The molecule has 0 fully saturated rings. The molecule has 0 saturated heterocycles. The van der Waals surface area contributed by atoms with Gasteiger partial charge in [-0.05, 0) is 66.4 Å². The van der Waals surface area contributed by atoms with Crippen molar-refractivity contribution in [3.05, 3.63) is 161 Å². The molecule has 2 aliphatic rings. The Kier molecular flexibility index (Phi) is 4.42. The summed E-state index contributed by atoms with van der Waals surface area (Å²) in [6, 6.07) is 46.8. The van der Waals surface area contributed by atoms with Crippen LogP contribution in [0.2, 0.25) is 0 Å². The molecule has 9 rings (SSSR count). The Morgan fingerprint density at radius 3 is 2.07 bits per heavy atom. The first-order valence-corrected chi connectivity index (χ1v) is 14.3. The Labute approximate surface area is 239 Å². The van der Waals surface area contributed by atoms with Crippen LogP contribution in [0.15, 0.2) is 127 Å². The summed E-state index contributed by atoms with van der Waals surface area (Å²) in [5.74, 6) is 1.82. The summed E-state index contributed by atoms with van der Waals surface area (Å²) >= 11 is 0. The van der Waals surface area contributed by atoms with Gasteiger partial charge in [-0.25, -0.2) is 0 Å². The highest BCUT2D eigenvalue weighted by molar-refractivity contribution is 6.12. The summed E-state index contributed by atoms with van der Waals surface area (Å²) in [7, 11) is 0. The van der Waals surface area contributed by atoms with Crippen molar-refractivity contribution < 1.29 is 4.74 Å². The zero-order valence-corrected chi connectivity index (χ0v) is 23.0. The summed E-state index contributed by atoms with van der Waals surface area (Å²) in [4.78, 5) is 0. The van der Waals surface area contributed by atoms with E-state index in [0.29, 0.717) is 0 Å². The van der Waals surface area contributed by atoms with Crippen molar-refractivity contribution in [1.82, 2.24) is 4.57 Å². The minimum atomic E-state index is -0.542. The zero-order valence-electron chi connectivity index (χ0n) is 23.0. The van der Waals surface area contributed by atoms with Gasteiger partial charge in [0.2, 0.25) is 0 Å². The molecule has 41 heavy (non-hydrogen) atoms. The maximum Gasteiger partial charge on any atom is 0.132 e. The largest absolute Gasteiger partial charge is 0.457 e. The number of aryl methyl sites for hydroxylation is 2. The van der Waals surface area contributed by atoms with Gasteiger partial charge in [0.05, 0.1) is 22.1 Å². The van der Waals surface area contributed by atoms with E-state index in [4.69, 9.17) is 4.74 Å². The van der Waals surface area contributed by atoms with Gasteiger partial charge in [-0.15, -0.1) is 0 Å². The standard InChI is InChI=1S/C39H27NO/c1-24-20-25(2)22-27(21-24)26-18-19-37-33(23-26)39(31-13-5-8-17-36(31)41-37)30-12-4-7-16-35(30)40-34-15-6-3-10-28(34)29-11-9-14-32(39)38(29)40/h3-23H,1-2H3. The monoisotopic (exact) mass is 525 g/mol. The predicted octanol–water partition coefficient (Wildman–Crippen LogP) is 9.87. The number of benzene rings is 6. The van der Waals surface area contributed by atoms with Crippen LogP contribution in [-0.2, 0) is 5.41 Å². The van der Waals surface area contributed by atoms with Gasteiger partial charge in [0, 0.05) is 21.9 Å². The van der Waals surface area contributed by atoms with Crippen molar-refractivity contribution >= 4 is 21.8 Å². The number of fused-ring (bicyclic) bond motifs is 11. The molecule has 2 heteroatoms. The Balaban J connectivity index is 1.49. The van der Waals surface area contributed by atoms with Crippen molar-refractivity contribution in [3.63, 3.8) is 0 Å². The molecule has 3 heterocycles. The molecule has 0 saturated carbocycles. The van der Waals surface area contributed by atoms with E-state index in [9.17, 15) is 0 Å². The van der Waals surface area contributed by atoms with E-state index < -0.39 is 5.41 Å². The summed E-state index contributed by atoms with van der Waals surface area (Å²) in [6.45, 7) is 4.35. The fourth-order valence-corrected chi connectivity index (χ4v) is 7.64. The quantitative estimate of drug-likeness (QED) is 0.208. The summed E-state index contributed by atoms with van der Waals surface area (Å²) in [5.41, 5.74) is 13.1. The number of aromatic nitrogens is 1. The molecule has 0 radical (unpaired) electrons. The van der Waals surface area contributed by atoms with Crippen LogP contribution < -0.4 is 4.74 Å². The van der Waals surface area contributed by atoms with Crippen LogP contribution >= 0.6 is 0 Å². The molecule has 2 nitrogen and oxygen atoms in total. The molecular weight excluding hydrogens is 498 g/mol. The average molecular weight is 526 g/mol. The van der Waals surface area contributed by atoms with Crippen LogP contribution in [-0.4, -0.2) is 4.57 Å². The van der Waals surface area contributed by atoms with E-state index in [-0.39, 0.29) is 0 Å². The third-order valence-electron chi connectivity index (χ3n) is 9.10. The molecule has 1 aromatic heterocycles. The highest BCUT2D eigenvalue weighted by atomic mass is 16.5. The molecule has 6 aromatic carbocycles. The molecular formula is C39H27NO. The normalized spacial score (nSPS) is 16.3. The smallest absolute Gasteiger partial charge is 0.132 e. The van der Waals surface area contributed by atoms with Crippen LogP contribution in [0.25, 0.3) is 38.6 Å². The van der Waals surface area contributed by atoms with E-state index in [1.165, 1.54) is 72.0 Å². The first-order valence-electron chi connectivity index (χ1n) is 14.3. The van der Waals surface area contributed by atoms with E-state index in [0.717, 1.165) is 11.5 Å². The number of para-hydroxylation sites is 4. The first-order chi connectivity index (χ1) is 20.1. The lowest BCUT2D eigenvalue weighted by Gasteiger charge is -2.45. The highest BCUT2D eigenvalue weighted by Crippen LogP contribution is 2.60. The average Bonchev–Trinajstić information content (AvgIpc) is 3.34. The van der Waals surface area contributed by atoms with Crippen LogP contribution in [0.3, 0.4) is 0 Å². The van der Waals surface area contributed by atoms with Crippen LogP contribution in [0.5, 0.6) is 11.5 Å². The van der Waals surface area contributed by atoms with Gasteiger partial charge in [-0.3, -0.25) is 0 Å². The number of rotatable bonds is 1. The second-order valence-electron chi connectivity index (χ2n) is 11.5. The van der Waals surface area contributed by atoms with Crippen molar-refractivity contribution in [1.29, 1.82) is 0 Å². The molecule has 2 aliphatic heterocycles. The van der Waals surface area contributed by atoms with Gasteiger partial charge >= 0.3 is 0 Å². The van der Waals surface area contributed by atoms with E-state index >= 15 is 0 Å². The number of hydrogen-bond donors (Lipinski definition) is 0. The molecule has 194 valence electrons. The fraction of sp³-hybridized carbons (Fsp3) is 0.0769. The van der Waals surface area contributed by atoms with E-state index in [2.05, 4.69) is 146 Å². The van der Waals surface area contributed by atoms with Gasteiger partial charge < -0.3 is 9.30 Å². The van der Waals surface area contributed by atoms with Gasteiger partial charge in [0.15, 0.2) is 0 Å². The second-order valence-corrected chi connectivity index (χ2v) is 11.5. The van der Waals surface area contributed by atoms with Crippen LogP contribution in [0, 0.1) is 13.8 Å². The molecule has 0 bridgehead atoms. The maximum absolute atomic E-state index is 6.69. The van der Waals surface area contributed by atoms with Gasteiger partial charge in [-0.2, -0.15) is 0 Å². The molecule has 0 aliphatic carbocycles. The predicted molar refractivity (Wildman–Crippen MR) is 168 cm³/mol. The lowest BCUT2D eigenvalue weighted by atomic mass is 9.61. The molecule has 1 unspecified atom stereocenters. The number of ether oxygens (including phenoxy) is 1. The van der Waals surface area contributed by atoms with Crippen molar-refractivity contribution in [2.24, 2.45) is 0 Å². The van der Waals surface area contributed by atoms with Gasteiger partial charge in [-0.1, -0.05) is 108 Å². The second kappa shape index (κ2) is 7.99. The molecule has 7 aromatic rings. The Hall–Kier alpha value is -5.08. The number of nitrogens with zero attached hydrogens (tertiary/aromatic N) is 1. The maximum atomic E-state index is 6.69. The van der Waals surface area contributed by atoms with E-state index in [1.807, 2.05) is 0 Å². The Morgan fingerprint density at radius 2 is 1.20 bits per heavy atom. The van der Waals surface area contributed by atoms with Crippen molar-refractivity contribution in [2.45, 2.75) is 19.3 Å². The lowest BCUT2D eigenvalue weighted by molar-refractivity contribution is 0.434. The molecule has 1 spiro atoms. The molecule has 0 amide bonds. The first kappa shape index (κ1) is 22.7. The van der Waals surface area contributed by atoms with Crippen LogP contribution in [0.4, 0.5) is 0 Å². The highest BCUT2D eigenvalue weighted by Gasteiger charge is 2.50. The van der Waals surface area contributed by atoms with Crippen LogP contribution in [0.1, 0.15) is 33.4 Å². The van der Waals surface area contributed by atoms with E-state index in [1.54, 1.807) is 0 Å². The molecule has 1 atom stereocenters. The summed E-state index contributed by atoms with van der Waals surface area (Å²) < 4.78 is 9.17. The summed E-state index contributed by atoms with van der Waals surface area (Å²) in [6.07, 6.45) is 0. The Bertz CT molecular complexity index is 2200. The summed E-state index contributed by atoms with van der Waals surface area (Å²) in [5, 5.41) is 2.56. The topological polar surface area (TPSA) is 14.2 Å². The van der Waals surface area contributed by atoms with Crippen molar-refractivity contribution in [3.8, 4) is 28.3 Å². The number of hydrogen-bond acceptors (Lipinski definition) is 1. The fourth-order valence-electron chi connectivity index (χ4n) is 7.64. The van der Waals surface area contributed by atoms with Gasteiger partial charge in [0.25, 0.3) is 0 Å². The van der Waals surface area contributed by atoms with Crippen molar-refractivity contribution in [2.75, 3.05) is 0 Å². The molecule has 0 N–H and O–H groups in total. The minimum Gasteiger partial charge on any atom is -0.457 e. The lowest BCUT2D eigenvalue weighted by Crippen LogP contribution is -2.37. The van der Waals surface area contributed by atoms with Gasteiger partial charge in [0.1, 0.15) is 11.5 Å². The Morgan fingerprint density at radius 1 is 0.512 bits per heavy atom. The zero-order chi connectivity index (χ0) is 27.3.